The number of hydrogen-bond donors (Lipinski definition) is 2. The van der Waals surface area contributed by atoms with Crippen LogP contribution in [0.25, 0.3) is 11.3 Å². The second kappa shape index (κ2) is 11.0. The molecule has 2 aromatic heterocycles. The maximum Gasteiger partial charge on any atom is 0.226 e. The maximum absolute atomic E-state index is 12.4. The summed E-state index contributed by atoms with van der Waals surface area (Å²) in [6.07, 6.45) is 5.58. The highest BCUT2D eigenvalue weighted by Gasteiger charge is 2.31. The third-order valence-electron chi connectivity index (χ3n) is 5.81. The number of carbonyl (C=O) groups excluding carboxylic acids is 1. The van der Waals surface area contributed by atoms with E-state index in [4.69, 9.17) is 9.47 Å². The molecule has 1 aliphatic heterocycles. The average Bonchev–Trinajstić information content (AvgIpc) is 3.33. The molecule has 0 bridgehead atoms. The number of nitrogens with zero attached hydrogens (tertiary/aromatic N) is 4. The highest BCUT2D eigenvalue weighted by Crippen LogP contribution is 2.28. The number of ether oxygens (including phenoxy) is 2. The molecule has 0 radical (unpaired) electrons. The molecule has 4 rings (SSSR count). The number of aromatic nitrogens is 4. The van der Waals surface area contributed by atoms with E-state index in [9.17, 15) is 9.90 Å². The Morgan fingerprint density at radius 3 is 2.88 bits per heavy atom. The summed E-state index contributed by atoms with van der Waals surface area (Å²) in [7, 11) is 1.63. The van der Waals surface area contributed by atoms with Crippen LogP contribution < -0.4 is 10.1 Å². The largest absolute Gasteiger partial charge is 0.496 e. The van der Waals surface area contributed by atoms with E-state index in [0.717, 1.165) is 36.3 Å². The lowest BCUT2D eigenvalue weighted by Gasteiger charge is -2.36. The van der Waals surface area contributed by atoms with Gasteiger partial charge in [-0.05, 0) is 43.5 Å². The summed E-state index contributed by atoms with van der Waals surface area (Å²) >= 11 is 0. The number of aliphatic hydroxyl groups excluding tert-OH is 1. The SMILES string of the molecule is COc1ccccc1-c1cn(CC[C@H]2CC[C@H](NC(=O)Cc3ccccn3)[C@H](CO)O2)nn1. The van der Waals surface area contributed by atoms with Gasteiger partial charge in [-0.15, -0.1) is 5.10 Å². The van der Waals surface area contributed by atoms with Crippen molar-refractivity contribution in [2.24, 2.45) is 0 Å². The zero-order valence-electron chi connectivity index (χ0n) is 18.6. The van der Waals surface area contributed by atoms with Crippen molar-refractivity contribution < 1.29 is 19.4 Å². The van der Waals surface area contributed by atoms with Crippen LogP contribution in [0.2, 0.25) is 0 Å². The van der Waals surface area contributed by atoms with E-state index >= 15 is 0 Å². The predicted octanol–water partition coefficient (Wildman–Crippen LogP) is 2.01. The highest BCUT2D eigenvalue weighted by atomic mass is 16.5. The normalized spacial score (nSPS) is 20.4. The molecule has 1 fully saturated rings. The molecule has 1 aliphatic rings. The number of nitrogens with one attached hydrogen (secondary N) is 1. The summed E-state index contributed by atoms with van der Waals surface area (Å²) in [5, 5.41) is 21.3. The first kappa shape index (κ1) is 22.9. The van der Waals surface area contributed by atoms with Gasteiger partial charge in [-0.2, -0.15) is 0 Å². The number of benzene rings is 1. The van der Waals surface area contributed by atoms with Gasteiger partial charge in [-0.25, -0.2) is 0 Å². The summed E-state index contributed by atoms with van der Waals surface area (Å²) < 4.78 is 13.3. The van der Waals surface area contributed by atoms with Gasteiger partial charge in [0, 0.05) is 24.0 Å². The Balaban J connectivity index is 1.28. The molecule has 33 heavy (non-hydrogen) atoms. The third-order valence-corrected chi connectivity index (χ3v) is 5.81. The fourth-order valence-corrected chi connectivity index (χ4v) is 4.10. The van der Waals surface area contributed by atoms with Crippen LogP contribution in [0.15, 0.2) is 54.9 Å². The molecule has 9 heteroatoms. The number of carbonyl (C=O) groups is 1. The monoisotopic (exact) mass is 451 g/mol. The lowest BCUT2D eigenvalue weighted by Crippen LogP contribution is -2.51. The van der Waals surface area contributed by atoms with Crippen molar-refractivity contribution in [3.05, 3.63) is 60.6 Å². The minimum absolute atomic E-state index is 0.0231. The number of amides is 1. The van der Waals surface area contributed by atoms with E-state index in [2.05, 4.69) is 20.6 Å². The number of para-hydroxylation sites is 1. The van der Waals surface area contributed by atoms with Crippen LogP contribution in [0.4, 0.5) is 0 Å². The minimum atomic E-state index is -0.434. The van der Waals surface area contributed by atoms with Gasteiger partial charge in [0.2, 0.25) is 5.91 Å². The van der Waals surface area contributed by atoms with Crippen molar-refractivity contribution in [2.75, 3.05) is 13.7 Å². The van der Waals surface area contributed by atoms with Crippen molar-refractivity contribution in [1.29, 1.82) is 0 Å². The molecule has 0 unspecified atom stereocenters. The fraction of sp³-hybridized carbons (Fsp3) is 0.417. The molecule has 1 amide bonds. The number of hydrogen-bond acceptors (Lipinski definition) is 7. The topological polar surface area (TPSA) is 111 Å². The maximum atomic E-state index is 12.4. The van der Waals surface area contributed by atoms with Crippen LogP contribution in [0, 0.1) is 0 Å². The van der Waals surface area contributed by atoms with Gasteiger partial charge in [0.15, 0.2) is 0 Å². The second-order valence-electron chi connectivity index (χ2n) is 8.08. The minimum Gasteiger partial charge on any atom is -0.496 e. The smallest absolute Gasteiger partial charge is 0.226 e. The summed E-state index contributed by atoms with van der Waals surface area (Å²) in [6.45, 7) is 0.494. The molecular formula is C24H29N5O4. The Hall–Kier alpha value is -3.30. The quantitative estimate of drug-likeness (QED) is 0.512. The average molecular weight is 452 g/mol. The third kappa shape index (κ3) is 5.94. The first-order valence-electron chi connectivity index (χ1n) is 11.2. The summed E-state index contributed by atoms with van der Waals surface area (Å²) in [5.41, 5.74) is 2.36. The molecule has 3 aromatic rings. The lowest BCUT2D eigenvalue weighted by molar-refractivity contribution is -0.128. The van der Waals surface area contributed by atoms with Crippen LogP contribution in [-0.4, -0.2) is 63.0 Å². The van der Waals surface area contributed by atoms with Gasteiger partial charge in [-0.3, -0.25) is 14.5 Å². The van der Waals surface area contributed by atoms with Gasteiger partial charge in [-0.1, -0.05) is 23.4 Å². The first-order chi connectivity index (χ1) is 16.2. The van der Waals surface area contributed by atoms with Gasteiger partial charge < -0.3 is 19.9 Å². The van der Waals surface area contributed by atoms with Crippen molar-refractivity contribution in [3.8, 4) is 17.0 Å². The van der Waals surface area contributed by atoms with Crippen LogP contribution in [0.1, 0.15) is 25.0 Å². The lowest BCUT2D eigenvalue weighted by atomic mass is 9.97. The zero-order chi connectivity index (χ0) is 23.0. The Kier molecular flexibility index (Phi) is 7.64. The Bertz CT molecular complexity index is 1040. The van der Waals surface area contributed by atoms with Gasteiger partial charge >= 0.3 is 0 Å². The van der Waals surface area contributed by atoms with E-state index in [1.54, 1.807) is 18.0 Å². The van der Waals surface area contributed by atoms with E-state index in [-0.39, 0.29) is 31.1 Å². The Morgan fingerprint density at radius 2 is 2.09 bits per heavy atom. The summed E-state index contributed by atoms with van der Waals surface area (Å²) in [6, 6.07) is 13.0. The zero-order valence-corrected chi connectivity index (χ0v) is 18.6. The number of aryl methyl sites for hydroxylation is 1. The molecular weight excluding hydrogens is 422 g/mol. The number of methoxy groups -OCH3 is 1. The van der Waals surface area contributed by atoms with E-state index in [1.165, 1.54) is 0 Å². The van der Waals surface area contributed by atoms with Gasteiger partial charge in [0.25, 0.3) is 0 Å². The second-order valence-corrected chi connectivity index (χ2v) is 8.08. The van der Waals surface area contributed by atoms with Crippen LogP contribution in [-0.2, 0) is 22.5 Å². The molecule has 2 N–H and O–H groups in total. The summed E-state index contributed by atoms with van der Waals surface area (Å²) in [5.74, 6) is 0.632. The standard InChI is InChI=1S/C24H29N5O4/c1-32-22-8-3-2-7-19(22)21-15-29(28-27-21)13-11-18-9-10-20(23(16-30)33-18)26-24(31)14-17-6-4-5-12-25-17/h2-8,12,15,18,20,23,30H,9-11,13-14,16H2,1H3,(H,26,31)/t18-,20+,23+/m1/s1. The molecule has 3 atom stereocenters. The molecule has 1 saturated heterocycles. The molecule has 3 heterocycles. The number of aliphatic hydroxyl groups is 1. The van der Waals surface area contributed by atoms with E-state index in [1.807, 2.05) is 48.7 Å². The first-order valence-corrected chi connectivity index (χ1v) is 11.2. The van der Waals surface area contributed by atoms with Crippen LogP contribution in [0.3, 0.4) is 0 Å². The van der Waals surface area contributed by atoms with E-state index < -0.39 is 6.10 Å². The Morgan fingerprint density at radius 1 is 1.24 bits per heavy atom. The van der Waals surface area contributed by atoms with E-state index in [0.29, 0.717) is 12.2 Å². The van der Waals surface area contributed by atoms with Gasteiger partial charge in [0.1, 0.15) is 17.5 Å². The molecule has 0 saturated carbocycles. The molecule has 1 aromatic carbocycles. The van der Waals surface area contributed by atoms with Crippen molar-refractivity contribution in [3.63, 3.8) is 0 Å². The van der Waals surface area contributed by atoms with Crippen LogP contribution >= 0.6 is 0 Å². The molecule has 0 spiro atoms. The van der Waals surface area contributed by atoms with Crippen molar-refractivity contribution in [1.82, 2.24) is 25.3 Å². The van der Waals surface area contributed by atoms with Crippen molar-refractivity contribution >= 4 is 5.91 Å². The predicted molar refractivity (Wildman–Crippen MR) is 121 cm³/mol. The number of rotatable bonds is 9. The van der Waals surface area contributed by atoms with Gasteiger partial charge in [0.05, 0.1) is 38.5 Å². The van der Waals surface area contributed by atoms with Crippen molar-refractivity contribution in [2.45, 2.75) is 50.5 Å². The fourth-order valence-electron chi connectivity index (χ4n) is 4.10. The molecule has 174 valence electrons. The molecule has 9 nitrogen and oxygen atoms in total. The number of pyridine rings is 1. The van der Waals surface area contributed by atoms with Crippen LogP contribution in [0.5, 0.6) is 5.75 Å². The summed E-state index contributed by atoms with van der Waals surface area (Å²) in [4.78, 5) is 16.6. The Labute approximate surface area is 192 Å². The highest BCUT2D eigenvalue weighted by molar-refractivity contribution is 5.78. The molecule has 0 aliphatic carbocycles.